The maximum atomic E-state index is 12.5. The Morgan fingerprint density at radius 3 is 2.71 bits per heavy atom. The fourth-order valence-corrected chi connectivity index (χ4v) is 4.37. The molecule has 3 rings (SSSR count). The van der Waals surface area contributed by atoms with Gasteiger partial charge >= 0.3 is 5.97 Å². The number of fused-ring (bicyclic) bond motifs is 1. The van der Waals surface area contributed by atoms with Crippen LogP contribution in [-0.2, 0) is 27.4 Å². The van der Waals surface area contributed by atoms with Gasteiger partial charge in [-0.25, -0.2) is 9.78 Å². The van der Waals surface area contributed by atoms with E-state index in [0.29, 0.717) is 11.3 Å². The summed E-state index contributed by atoms with van der Waals surface area (Å²) in [7, 11) is 0. The van der Waals surface area contributed by atoms with E-state index in [0.717, 1.165) is 12.8 Å². The summed E-state index contributed by atoms with van der Waals surface area (Å²) in [6, 6.07) is 1.98. The predicted octanol–water partition coefficient (Wildman–Crippen LogP) is 2.56. The molecule has 7 heteroatoms. The number of carboxylic acids is 1. The van der Waals surface area contributed by atoms with Crippen molar-refractivity contribution in [1.29, 1.82) is 0 Å². The van der Waals surface area contributed by atoms with Crippen molar-refractivity contribution < 1.29 is 24.5 Å². The Bertz CT molecular complexity index is 581. The summed E-state index contributed by atoms with van der Waals surface area (Å²) in [5.41, 5.74) is 0.173. The van der Waals surface area contributed by atoms with Gasteiger partial charge in [0.05, 0.1) is 11.5 Å². The Hall–Kier alpha value is -1.44. The normalized spacial score (nSPS) is 24.5. The van der Waals surface area contributed by atoms with Gasteiger partial charge in [0.2, 0.25) is 0 Å². The first-order valence-corrected chi connectivity index (χ1v) is 9.30. The number of amides is 1. The highest BCUT2D eigenvalue weighted by Crippen LogP contribution is 2.29. The lowest BCUT2D eigenvalue weighted by molar-refractivity contribution is -0.335. The van der Waals surface area contributed by atoms with Crippen LogP contribution in [0.1, 0.15) is 52.2 Å². The third kappa shape index (κ3) is 3.79. The number of hydrogen-bond acceptors (Lipinski definition) is 5. The molecule has 0 aromatic carbocycles. The van der Waals surface area contributed by atoms with Gasteiger partial charge in [0.25, 0.3) is 5.91 Å². The van der Waals surface area contributed by atoms with Gasteiger partial charge < -0.3 is 10.4 Å². The average molecular weight is 353 g/mol. The Kier molecular flexibility index (Phi) is 5.53. The van der Waals surface area contributed by atoms with E-state index in [1.54, 1.807) is 11.3 Å². The Labute approximate surface area is 145 Å². The molecule has 1 atom stereocenters. The first kappa shape index (κ1) is 17.4. The van der Waals surface area contributed by atoms with Gasteiger partial charge in [-0.1, -0.05) is 12.8 Å². The maximum Gasteiger partial charge on any atom is 0.314 e. The number of thiophene rings is 1. The highest BCUT2D eigenvalue weighted by atomic mass is 32.1. The van der Waals surface area contributed by atoms with Crippen LogP contribution in [0.3, 0.4) is 0 Å². The van der Waals surface area contributed by atoms with Crippen molar-refractivity contribution in [3.63, 3.8) is 0 Å². The number of hydrogen-bond donors (Lipinski definition) is 2. The van der Waals surface area contributed by atoms with Gasteiger partial charge in [0, 0.05) is 11.4 Å². The topological polar surface area (TPSA) is 84.9 Å². The monoisotopic (exact) mass is 353 g/mol. The summed E-state index contributed by atoms with van der Waals surface area (Å²) < 4.78 is 0. The van der Waals surface area contributed by atoms with E-state index in [1.165, 1.54) is 36.1 Å². The minimum Gasteiger partial charge on any atom is -0.481 e. The second-order valence-electron chi connectivity index (χ2n) is 6.58. The minimum absolute atomic E-state index is 0.0487. The molecule has 1 aromatic heterocycles. The largest absolute Gasteiger partial charge is 0.481 e. The van der Waals surface area contributed by atoms with Crippen molar-refractivity contribution >= 4 is 23.2 Å². The summed E-state index contributed by atoms with van der Waals surface area (Å²) in [6.07, 6.45) is 7.24. The van der Waals surface area contributed by atoms with E-state index in [4.69, 9.17) is 9.78 Å². The van der Waals surface area contributed by atoms with Gasteiger partial charge in [-0.05, 0) is 43.7 Å². The zero-order valence-electron chi connectivity index (χ0n) is 13.6. The molecular formula is C17H23NO5S. The molecule has 2 heterocycles. The molecule has 0 spiro atoms. The smallest absolute Gasteiger partial charge is 0.314 e. The van der Waals surface area contributed by atoms with Gasteiger partial charge in [-0.15, -0.1) is 11.3 Å². The van der Waals surface area contributed by atoms with Crippen LogP contribution in [0.15, 0.2) is 6.07 Å². The van der Waals surface area contributed by atoms with Crippen LogP contribution in [0.4, 0.5) is 0 Å². The quantitative estimate of drug-likeness (QED) is 0.813. The summed E-state index contributed by atoms with van der Waals surface area (Å²) in [5.74, 6) is -1.16. The maximum absolute atomic E-state index is 12.5. The second kappa shape index (κ2) is 7.63. The van der Waals surface area contributed by atoms with Crippen molar-refractivity contribution in [2.45, 2.75) is 44.9 Å². The molecular weight excluding hydrogens is 330 g/mol. The molecule has 6 nitrogen and oxygen atoms in total. The molecule has 1 amide bonds. The number of rotatable bonds is 4. The molecule has 24 heavy (non-hydrogen) atoms. The van der Waals surface area contributed by atoms with E-state index in [9.17, 15) is 14.7 Å². The summed E-state index contributed by atoms with van der Waals surface area (Å²) in [4.78, 5) is 35.7. The summed E-state index contributed by atoms with van der Waals surface area (Å²) in [5, 5.41) is 12.3. The van der Waals surface area contributed by atoms with Crippen molar-refractivity contribution in [1.82, 2.24) is 5.32 Å². The van der Waals surface area contributed by atoms with Crippen LogP contribution < -0.4 is 5.32 Å². The molecule has 0 bridgehead atoms. The van der Waals surface area contributed by atoms with Crippen LogP contribution >= 0.6 is 11.3 Å². The van der Waals surface area contributed by atoms with E-state index in [-0.39, 0.29) is 25.7 Å². The number of carbonyl (C=O) groups excluding carboxylic acids is 1. The Balaban J connectivity index is 1.66. The fourth-order valence-electron chi connectivity index (χ4n) is 3.20. The van der Waals surface area contributed by atoms with E-state index in [2.05, 4.69) is 5.32 Å². The minimum atomic E-state index is -1.11. The molecule has 1 aliphatic carbocycles. The lowest BCUT2D eigenvalue weighted by atomic mass is 9.85. The lowest BCUT2D eigenvalue weighted by Crippen LogP contribution is -2.48. The Morgan fingerprint density at radius 2 is 2.00 bits per heavy atom. The standard InChI is InChI=1S/C17H23NO5S/c19-15(18-10-17(16(20)21)7-8-22-23-11-17)14-9-12-5-3-1-2-4-6-13(12)24-14/h9H,1-8,10-11H2,(H,18,19)(H,20,21). The molecule has 1 aromatic rings. The highest BCUT2D eigenvalue weighted by Gasteiger charge is 2.42. The zero-order valence-corrected chi connectivity index (χ0v) is 14.5. The van der Waals surface area contributed by atoms with Crippen molar-refractivity contribution in [2.75, 3.05) is 19.8 Å². The summed E-state index contributed by atoms with van der Waals surface area (Å²) in [6.45, 7) is 0.214. The van der Waals surface area contributed by atoms with Crippen LogP contribution in [0.25, 0.3) is 0 Å². The van der Waals surface area contributed by atoms with Crippen LogP contribution in [0.5, 0.6) is 0 Å². The molecule has 0 radical (unpaired) electrons. The molecule has 1 saturated heterocycles. The molecule has 2 aliphatic rings. The van der Waals surface area contributed by atoms with Crippen LogP contribution in [-0.4, -0.2) is 36.7 Å². The number of carbonyl (C=O) groups is 2. The van der Waals surface area contributed by atoms with Crippen molar-refractivity contribution in [2.24, 2.45) is 5.41 Å². The molecule has 1 aliphatic heterocycles. The molecule has 132 valence electrons. The molecule has 2 N–H and O–H groups in total. The first-order valence-electron chi connectivity index (χ1n) is 8.48. The number of aryl methyl sites for hydroxylation is 2. The number of nitrogens with one attached hydrogen (secondary N) is 1. The highest BCUT2D eigenvalue weighted by molar-refractivity contribution is 7.14. The van der Waals surface area contributed by atoms with Gasteiger partial charge in [-0.2, -0.15) is 0 Å². The molecule has 1 fully saturated rings. The number of carboxylic acid groups (broad SMARTS) is 1. The summed E-state index contributed by atoms with van der Waals surface area (Å²) >= 11 is 1.54. The Morgan fingerprint density at radius 1 is 1.21 bits per heavy atom. The van der Waals surface area contributed by atoms with Crippen molar-refractivity contribution in [3.05, 3.63) is 21.4 Å². The van der Waals surface area contributed by atoms with Gasteiger partial charge in [0.15, 0.2) is 0 Å². The van der Waals surface area contributed by atoms with E-state index >= 15 is 0 Å². The second-order valence-corrected chi connectivity index (χ2v) is 7.71. The van der Waals surface area contributed by atoms with Crippen LogP contribution in [0, 0.1) is 5.41 Å². The zero-order chi connectivity index (χ0) is 17.0. The number of aliphatic carboxylic acids is 1. The van der Waals surface area contributed by atoms with Crippen molar-refractivity contribution in [3.8, 4) is 0 Å². The van der Waals surface area contributed by atoms with Gasteiger partial charge in [0.1, 0.15) is 12.0 Å². The average Bonchev–Trinajstić information content (AvgIpc) is 2.95. The van der Waals surface area contributed by atoms with E-state index in [1.807, 2.05) is 6.07 Å². The third-order valence-electron chi connectivity index (χ3n) is 4.84. The fraction of sp³-hybridized carbons (Fsp3) is 0.647. The predicted molar refractivity (Wildman–Crippen MR) is 89.1 cm³/mol. The van der Waals surface area contributed by atoms with Gasteiger partial charge in [-0.3, -0.25) is 9.59 Å². The first-order chi connectivity index (χ1) is 11.6. The SMILES string of the molecule is O=C(NCC1(C(=O)O)CCOOC1)c1cc2c(s1)CCCCCC2. The molecule has 1 unspecified atom stereocenters. The van der Waals surface area contributed by atoms with E-state index < -0.39 is 11.4 Å². The molecule has 0 saturated carbocycles. The van der Waals surface area contributed by atoms with Crippen LogP contribution in [0.2, 0.25) is 0 Å². The third-order valence-corrected chi connectivity index (χ3v) is 6.08. The lowest BCUT2D eigenvalue weighted by Gasteiger charge is -2.31.